The Kier molecular flexibility index (Phi) is 5.74. The Balaban J connectivity index is 1.83. The molecular weight excluding hydrogens is 309 g/mol. The van der Waals surface area contributed by atoms with Crippen LogP contribution in [0.5, 0.6) is 5.75 Å². The minimum absolute atomic E-state index is 0.0500. The molecule has 0 heterocycles. The molecule has 0 aliphatic heterocycles. The van der Waals surface area contributed by atoms with Crippen molar-refractivity contribution in [3.05, 3.63) is 29.8 Å². The van der Waals surface area contributed by atoms with Crippen LogP contribution in [0.3, 0.4) is 0 Å². The summed E-state index contributed by atoms with van der Waals surface area (Å²) in [6.07, 6.45) is -3.04. The topological polar surface area (TPSA) is 50.4 Å². The molecule has 128 valence electrons. The van der Waals surface area contributed by atoms with Gasteiger partial charge in [0, 0.05) is 18.2 Å². The Morgan fingerprint density at radius 3 is 2.74 bits per heavy atom. The highest BCUT2D eigenvalue weighted by Gasteiger charge is 2.42. The molecule has 23 heavy (non-hydrogen) atoms. The Morgan fingerprint density at radius 2 is 2.04 bits per heavy atom. The molecule has 4 nitrogen and oxygen atoms in total. The summed E-state index contributed by atoms with van der Waals surface area (Å²) in [5.74, 6) is -0.668. The zero-order chi connectivity index (χ0) is 16.9. The molecule has 7 heteroatoms. The van der Waals surface area contributed by atoms with E-state index in [-0.39, 0.29) is 19.4 Å². The number of urea groups is 1. The van der Waals surface area contributed by atoms with Gasteiger partial charge in [0.25, 0.3) is 0 Å². The van der Waals surface area contributed by atoms with Gasteiger partial charge in [-0.2, -0.15) is 13.2 Å². The summed E-state index contributed by atoms with van der Waals surface area (Å²) in [4.78, 5) is 11.9. The van der Waals surface area contributed by atoms with Gasteiger partial charge in [-0.15, -0.1) is 0 Å². The molecular formula is C16H21F3N2O2. The summed E-state index contributed by atoms with van der Waals surface area (Å²) in [5.41, 5.74) is 0.807. The minimum Gasteiger partial charge on any atom is -0.496 e. The maximum atomic E-state index is 12.8. The van der Waals surface area contributed by atoms with Crippen LogP contribution < -0.4 is 15.4 Å². The average molecular weight is 330 g/mol. The molecule has 2 N–H and O–H groups in total. The van der Waals surface area contributed by atoms with Crippen LogP contribution in [-0.4, -0.2) is 25.4 Å². The Labute approximate surface area is 133 Å². The fraction of sp³-hybridized carbons (Fsp3) is 0.562. The van der Waals surface area contributed by atoms with Crippen molar-refractivity contribution < 1.29 is 22.7 Å². The number of halogens is 3. The number of carbonyl (C=O) groups excluding carboxylic acids is 1. The van der Waals surface area contributed by atoms with Crippen molar-refractivity contribution in [3.63, 3.8) is 0 Å². The highest BCUT2D eigenvalue weighted by atomic mass is 19.4. The van der Waals surface area contributed by atoms with Gasteiger partial charge < -0.3 is 15.4 Å². The number of nitrogens with one attached hydrogen (secondary N) is 2. The van der Waals surface area contributed by atoms with Gasteiger partial charge in [0.05, 0.1) is 13.0 Å². The lowest BCUT2D eigenvalue weighted by atomic mass is 9.85. The summed E-state index contributed by atoms with van der Waals surface area (Å²) in [6, 6.07) is 6.36. The number of hydrogen-bond acceptors (Lipinski definition) is 2. The van der Waals surface area contributed by atoms with E-state index in [4.69, 9.17) is 4.74 Å². The first-order valence-electron chi connectivity index (χ1n) is 7.63. The van der Waals surface area contributed by atoms with E-state index in [1.807, 2.05) is 18.2 Å². The van der Waals surface area contributed by atoms with Crippen molar-refractivity contribution in [1.29, 1.82) is 0 Å². The molecule has 0 bridgehead atoms. The standard InChI is InChI=1S/C16H21F3N2O2/c1-23-14-8-3-2-5-11(14)10-20-15(22)21-13-7-4-6-12(9-13)16(17,18)19/h2-3,5,8,12-13H,4,6-7,9-10H2,1H3,(H2,20,21,22)/t12-,13-/m0/s1. The zero-order valence-electron chi connectivity index (χ0n) is 13.0. The number of carbonyl (C=O) groups is 1. The van der Waals surface area contributed by atoms with Crippen molar-refractivity contribution in [2.45, 2.75) is 44.4 Å². The lowest BCUT2D eigenvalue weighted by molar-refractivity contribution is -0.183. The molecule has 1 aliphatic carbocycles. The molecule has 1 saturated carbocycles. The number of benzene rings is 1. The third-order valence-electron chi connectivity index (χ3n) is 4.10. The highest BCUT2D eigenvalue weighted by Crippen LogP contribution is 2.37. The molecule has 1 aromatic rings. The second kappa shape index (κ2) is 7.57. The molecule has 0 aromatic heterocycles. The second-order valence-electron chi connectivity index (χ2n) is 5.74. The fourth-order valence-corrected chi connectivity index (χ4v) is 2.88. The third kappa shape index (κ3) is 5.04. The van der Waals surface area contributed by atoms with Crippen LogP contribution in [0, 0.1) is 5.92 Å². The number of rotatable bonds is 4. The van der Waals surface area contributed by atoms with Crippen LogP contribution in [0.15, 0.2) is 24.3 Å². The van der Waals surface area contributed by atoms with Crippen molar-refractivity contribution >= 4 is 6.03 Å². The maximum absolute atomic E-state index is 12.8. The highest BCUT2D eigenvalue weighted by molar-refractivity contribution is 5.74. The molecule has 2 rings (SSSR count). The molecule has 0 unspecified atom stereocenters. The number of para-hydroxylation sites is 1. The van der Waals surface area contributed by atoms with E-state index in [1.54, 1.807) is 6.07 Å². The fourth-order valence-electron chi connectivity index (χ4n) is 2.88. The number of hydrogen-bond donors (Lipinski definition) is 2. The van der Waals surface area contributed by atoms with E-state index in [9.17, 15) is 18.0 Å². The summed E-state index contributed by atoms with van der Waals surface area (Å²) in [6.45, 7) is 0.255. The maximum Gasteiger partial charge on any atom is 0.391 e. The Bertz CT molecular complexity index is 534. The molecule has 0 spiro atoms. The van der Waals surface area contributed by atoms with E-state index in [1.165, 1.54) is 7.11 Å². The lowest BCUT2D eigenvalue weighted by Crippen LogP contribution is -2.45. The number of methoxy groups -OCH3 is 1. The summed E-state index contributed by atoms with van der Waals surface area (Å²) < 4.78 is 43.5. The normalized spacial score (nSPS) is 21.6. The van der Waals surface area contributed by atoms with Gasteiger partial charge in [0.2, 0.25) is 0 Å². The molecule has 0 radical (unpaired) electrons. The monoisotopic (exact) mass is 330 g/mol. The summed E-state index contributed by atoms with van der Waals surface area (Å²) in [7, 11) is 1.54. The van der Waals surface area contributed by atoms with E-state index in [0.717, 1.165) is 5.56 Å². The minimum atomic E-state index is -4.19. The molecule has 1 aliphatic rings. The van der Waals surface area contributed by atoms with Crippen molar-refractivity contribution in [2.24, 2.45) is 5.92 Å². The van der Waals surface area contributed by atoms with Gasteiger partial charge >= 0.3 is 12.2 Å². The van der Waals surface area contributed by atoms with Crippen molar-refractivity contribution in [1.82, 2.24) is 10.6 Å². The largest absolute Gasteiger partial charge is 0.496 e. The van der Waals surface area contributed by atoms with Crippen LogP contribution in [0.1, 0.15) is 31.2 Å². The van der Waals surface area contributed by atoms with Crippen LogP contribution in [0.4, 0.5) is 18.0 Å². The molecule has 1 aromatic carbocycles. The smallest absolute Gasteiger partial charge is 0.391 e. The van der Waals surface area contributed by atoms with Crippen molar-refractivity contribution in [2.75, 3.05) is 7.11 Å². The molecule has 1 fully saturated rings. The molecule has 2 amide bonds. The van der Waals surface area contributed by atoms with Gasteiger partial charge in [0.15, 0.2) is 0 Å². The van der Waals surface area contributed by atoms with Crippen LogP contribution in [0.25, 0.3) is 0 Å². The molecule has 2 atom stereocenters. The van der Waals surface area contributed by atoms with E-state index in [2.05, 4.69) is 10.6 Å². The van der Waals surface area contributed by atoms with Gasteiger partial charge in [-0.1, -0.05) is 24.6 Å². The summed E-state index contributed by atoms with van der Waals surface area (Å²) >= 11 is 0. The van der Waals surface area contributed by atoms with Crippen LogP contribution >= 0.6 is 0 Å². The predicted molar refractivity (Wildman–Crippen MR) is 80.2 cm³/mol. The predicted octanol–water partition coefficient (Wildman–Crippen LogP) is 3.62. The zero-order valence-corrected chi connectivity index (χ0v) is 13.0. The first-order chi connectivity index (χ1) is 10.9. The lowest BCUT2D eigenvalue weighted by Gasteiger charge is -2.31. The van der Waals surface area contributed by atoms with Crippen molar-refractivity contribution in [3.8, 4) is 5.75 Å². The van der Waals surface area contributed by atoms with Crippen LogP contribution in [-0.2, 0) is 6.54 Å². The van der Waals surface area contributed by atoms with E-state index >= 15 is 0 Å². The Morgan fingerprint density at radius 1 is 1.30 bits per heavy atom. The number of alkyl halides is 3. The quantitative estimate of drug-likeness (QED) is 0.886. The van der Waals surface area contributed by atoms with E-state index in [0.29, 0.717) is 18.6 Å². The van der Waals surface area contributed by atoms with Gasteiger partial charge in [0.1, 0.15) is 5.75 Å². The SMILES string of the molecule is COc1ccccc1CNC(=O)N[C@H]1CCC[C@H](C(F)(F)F)C1. The Hall–Kier alpha value is -1.92. The number of ether oxygens (including phenoxy) is 1. The summed E-state index contributed by atoms with van der Waals surface area (Å²) in [5, 5.41) is 5.30. The van der Waals surface area contributed by atoms with Crippen LogP contribution in [0.2, 0.25) is 0 Å². The second-order valence-corrected chi connectivity index (χ2v) is 5.74. The first-order valence-corrected chi connectivity index (χ1v) is 7.63. The van der Waals surface area contributed by atoms with E-state index < -0.39 is 24.2 Å². The third-order valence-corrected chi connectivity index (χ3v) is 4.10. The average Bonchev–Trinajstić information content (AvgIpc) is 2.52. The van der Waals surface area contributed by atoms with Gasteiger partial charge in [-0.3, -0.25) is 0 Å². The number of amides is 2. The molecule has 0 saturated heterocycles. The van der Waals surface area contributed by atoms with Gasteiger partial charge in [-0.25, -0.2) is 4.79 Å². The van der Waals surface area contributed by atoms with Gasteiger partial charge in [-0.05, 0) is 25.3 Å². The first kappa shape index (κ1) is 17.4.